The van der Waals surface area contributed by atoms with Crippen molar-refractivity contribution in [2.45, 2.75) is 20.8 Å². The molecule has 0 unspecified atom stereocenters. The van der Waals surface area contributed by atoms with Crippen molar-refractivity contribution in [3.63, 3.8) is 0 Å². The van der Waals surface area contributed by atoms with Gasteiger partial charge in [0.15, 0.2) is 5.82 Å². The van der Waals surface area contributed by atoms with Gasteiger partial charge in [0, 0.05) is 26.5 Å². The Morgan fingerprint density at radius 2 is 1.82 bits per heavy atom. The number of rotatable bonds is 3. The maximum absolute atomic E-state index is 12.1. The van der Waals surface area contributed by atoms with E-state index in [0.717, 1.165) is 5.69 Å². The van der Waals surface area contributed by atoms with Crippen molar-refractivity contribution < 1.29 is 14.3 Å². The average molecular weight is 306 g/mol. The van der Waals surface area contributed by atoms with E-state index >= 15 is 0 Å². The van der Waals surface area contributed by atoms with Crippen molar-refractivity contribution in [3.05, 3.63) is 35.7 Å². The molecule has 1 amide bonds. The SMILES string of the molecule is CC.COC(=O)c1cc(NC(=O)c2nc(C)cn2C)cn1C. The summed E-state index contributed by atoms with van der Waals surface area (Å²) in [6.45, 7) is 5.81. The monoisotopic (exact) mass is 306 g/mol. The number of amides is 1. The molecule has 0 spiro atoms. The van der Waals surface area contributed by atoms with Crippen molar-refractivity contribution in [2.24, 2.45) is 14.1 Å². The number of hydrogen-bond acceptors (Lipinski definition) is 4. The number of carbonyl (C=O) groups excluding carboxylic acids is 2. The largest absolute Gasteiger partial charge is 0.464 e. The molecule has 7 nitrogen and oxygen atoms in total. The summed E-state index contributed by atoms with van der Waals surface area (Å²) >= 11 is 0. The third kappa shape index (κ3) is 3.75. The van der Waals surface area contributed by atoms with Crippen LogP contribution in [0.15, 0.2) is 18.5 Å². The number of anilines is 1. The van der Waals surface area contributed by atoms with Gasteiger partial charge in [0.2, 0.25) is 0 Å². The summed E-state index contributed by atoms with van der Waals surface area (Å²) in [6.07, 6.45) is 3.40. The predicted molar refractivity (Wildman–Crippen MR) is 84.0 cm³/mol. The van der Waals surface area contributed by atoms with E-state index in [1.54, 1.807) is 41.7 Å². The van der Waals surface area contributed by atoms with Crippen molar-refractivity contribution in [3.8, 4) is 0 Å². The van der Waals surface area contributed by atoms with Gasteiger partial charge in [0.05, 0.1) is 18.5 Å². The van der Waals surface area contributed by atoms with Gasteiger partial charge in [-0.2, -0.15) is 0 Å². The number of aryl methyl sites for hydroxylation is 3. The fraction of sp³-hybridized carbons (Fsp3) is 0.400. The summed E-state index contributed by atoms with van der Waals surface area (Å²) in [7, 11) is 4.76. The lowest BCUT2D eigenvalue weighted by Gasteiger charge is -2.01. The Balaban J connectivity index is 0.00000116. The highest BCUT2D eigenvalue weighted by molar-refractivity contribution is 6.02. The van der Waals surface area contributed by atoms with Crippen LogP contribution in [0.4, 0.5) is 5.69 Å². The van der Waals surface area contributed by atoms with Crippen LogP contribution in [0.3, 0.4) is 0 Å². The second-order valence-corrected chi connectivity index (χ2v) is 4.49. The van der Waals surface area contributed by atoms with Gasteiger partial charge in [-0.15, -0.1) is 0 Å². The summed E-state index contributed by atoms with van der Waals surface area (Å²) in [5.41, 5.74) is 1.64. The minimum absolute atomic E-state index is 0.311. The molecule has 0 saturated heterocycles. The quantitative estimate of drug-likeness (QED) is 0.881. The first-order valence-corrected chi connectivity index (χ1v) is 6.98. The Morgan fingerprint density at radius 3 is 2.32 bits per heavy atom. The van der Waals surface area contributed by atoms with Gasteiger partial charge >= 0.3 is 5.97 Å². The van der Waals surface area contributed by atoms with Crippen LogP contribution in [0, 0.1) is 6.92 Å². The third-order valence-corrected chi connectivity index (χ3v) is 2.86. The molecular formula is C15H22N4O3. The van der Waals surface area contributed by atoms with Gasteiger partial charge in [-0.1, -0.05) is 13.8 Å². The highest BCUT2D eigenvalue weighted by Gasteiger charge is 2.16. The summed E-state index contributed by atoms with van der Waals surface area (Å²) in [5.74, 6) is -0.477. The van der Waals surface area contributed by atoms with Crippen LogP contribution in [-0.2, 0) is 18.8 Å². The molecule has 2 aromatic rings. The minimum Gasteiger partial charge on any atom is -0.464 e. The number of aromatic nitrogens is 3. The van der Waals surface area contributed by atoms with E-state index in [1.807, 2.05) is 20.8 Å². The molecule has 0 aliphatic carbocycles. The molecule has 0 aliphatic heterocycles. The Kier molecular flexibility index (Phi) is 5.91. The Morgan fingerprint density at radius 1 is 1.18 bits per heavy atom. The van der Waals surface area contributed by atoms with Crippen LogP contribution in [0.2, 0.25) is 0 Å². The Hall–Kier alpha value is -2.57. The van der Waals surface area contributed by atoms with Crippen LogP contribution in [0.5, 0.6) is 0 Å². The van der Waals surface area contributed by atoms with Crippen LogP contribution < -0.4 is 5.32 Å². The van der Waals surface area contributed by atoms with Gasteiger partial charge in [0.1, 0.15) is 5.69 Å². The molecule has 0 bridgehead atoms. The molecular weight excluding hydrogens is 284 g/mol. The number of carbonyl (C=O) groups is 2. The number of imidazole rings is 1. The predicted octanol–water partition coefficient (Wildman–Crippen LogP) is 2.13. The topological polar surface area (TPSA) is 78.2 Å². The van der Waals surface area contributed by atoms with Crippen LogP contribution in [0.25, 0.3) is 0 Å². The molecule has 0 radical (unpaired) electrons. The van der Waals surface area contributed by atoms with Gasteiger partial charge in [0.25, 0.3) is 5.91 Å². The van der Waals surface area contributed by atoms with Crippen molar-refractivity contribution in [2.75, 3.05) is 12.4 Å². The lowest BCUT2D eigenvalue weighted by molar-refractivity contribution is 0.0590. The number of nitrogens with zero attached hydrogens (tertiary/aromatic N) is 3. The zero-order chi connectivity index (χ0) is 16.9. The van der Waals surface area contributed by atoms with Crippen molar-refractivity contribution in [1.82, 2.24) is 14.1 Å². The van der Waals surface area contributed by atoms with E-state index in [4.69, 9.17) is 0 Å². The lowest BCUT2D eigenvalue weighted by atomic mass is 10.4. The maximum Gasteiger partial charge on any atom is 0.354 e. The average Bonchev–Trinajstić information content (AvgIpc) is 3.02. The zero-order valence-electron chi connectivity index (χ0n) is 13.8. The van der Waals surface area contributed by atoms with Gasteiger partial charge < -0.3 is 19.2 Å². The Labute approximate surface area is 129 Å². The fourth-order valence-corrected chi connectivity index (χ4v) is 1.95. The number of ether oxygens (including phenoxy) is 1. The van der Waals surface area contributed by atoms with Gasteiger partial charge in [-0.05, 0) is 13.0 Å². The van der Waals surface area contributed by atoms with Gasteiger partial charge in [-0.25, -0.2) is 9.78 Å². The van der Waals surface area contributed by atoms with Crippen molar-refractivity contribution in [1.29, 1.82) is 0 Å². The van der Waals surface area contributed by atoms with Crippen LogP contribution in [-0.4, -0.2) is 33.1 Å². The molecule has 1 N–H and O–H groups in total. The molecule has 0 aromatic carbocycles. The van der Waals surface area contributed by atoms with Gasteiger partial charge in [-0.3, -0.25) is 4.79 Å². The summed E-state index contributed by atoms with van der Waals surface area (Å²) in [6, 6.07) is 1.56. The van der Waals surface area contributed by atoms with Crippen LogP contribution >= 0.6 is 0 Å². The van der Waals surface area contributed by atoms with E-state index in [9.17, 15) is 9.59 Å². The number of methoxy groups -OCH3 is 1. The number of nitrogens with one attached hydrogen (secondary N) is 1. The fourth-order valence-electron chi connectivity index (χ4n) is 1.95. The minimum atomic E-state index is -0.458. The van der Waals surface area contributed by atoms with E-state index in [-0.39, 0.29) is 5.91 Å². The van der Waals surface area contributed by atoms with Crippen molar-refractivity contribution >= 4 is 17.6 Å². The van der Waals surface area contributed by atoms with E-state index in [1.165, 1.54) is 7.11 Å². The second-order valence-electron chi connectivity index (χ2n) is 4.49. The molecule has 0 aliphatic rings. The molecule has 0 fully saturated rings. The standard InChI is InChI=1S/C13H16N4O3.C2H6/c1-8-6-17(3)11(14-8)12(18)15-9-5-10(13(19)20-4)16(2)7-9;1-2/h5-7H,1-4H3,(H,15,18);1-2H3. The van der Waals surface area contributed by atoms with E-state index in [2.05, 4.69) is 15.0 Å². The Bertz CT molecular complexity index is 670. The molecule has 120 valence electrons. The maximum atomic E-state index is 12.1. The summed E-state index contributed by atoms with van der Waals surface area (Å²) in [5, 5.41) is 2.70. The lowest BCUT2D eigenvalue weighted by Crippen LogP contribution is -2.16. The third-order valence-electron chi connectivity index (χ3n) is 2.86. The number of esters is 1. The van der Waals surface area contributed by atoms with E-state index in [0.29, 0.717) is 17.2 Å². The smallest absolute Gasteiger partial charge is 0.354 e. The number of hydrogen-bond donors (Lipinski definition) is 1. The summed E-state index contributed by atoms with van der Waals surface area (Å²) < 4.78 is 7.89. The first-order chi connectivity index (χ1) is 10.4. The highest BCUT2D eigenvalue weighted by atomic mass is 16.5. The molecule has 2 aromatic heterocycles. The summed E-state index contributed by atoms with van der Waals surface area (Å²) in [4.78, 5) is 27.7. The van der Waals surface area contributed by atoms with Crippen LogP contribution in [0.1, 0.15) is 40.6 Å². The first-order valence-electron chi connectivity index (χ1n) is 6.98. The molecule has 22 heavy (non-hydrogen) atoms. The molecule has 0 saturated carbocycles. The molecule has 7 heteroatoms. The highest BCUT2D eigenvalue weighted by Crippen LogP contribution is 2.14. The van der Waals surface area contributed by atoms with E-state index < -0.39 is 5.97 Å². The zero-order valence-corrected chi connectivity index (χ0v) is 13.8. The second kappa shape index (κ2) is 7.44. The normalized spacial score (nSPS) is 9.73. The molecule has 2 heterocycles. The molecule has 0 atom stereocenters. The molecule has 2 rings (SSSR count). The first kappa shape index (κ1) is 17.5.